The van der Waals surface area contributed by atoms with Crippen LogP contribution in [0.4, 0.5) is 9.93 Å². The van der Waals surface area contributed by atoms with E-state index < -0.39 is 0 Å². The van der Waals surface area contributed by atoms with Gasteiger partial charge < -0.3 is 10.1 Å². The van der Waals surface area contributed by atoms with Crippen LogP contribution in [0, 0.1) is 13.8 Å². The van der Waals surface area contributed by atoms with Gasteiger partial charge in [0.25, 0.3) is 0 Å². The number of hydrogen-bond acceptors (Lipinski definition) is 4. The molecule has 1 heterocycles. The molecule has 2 aromatic rings. The lowest BCUT2D eigenvalue weighted by Crippen LogP contribution is -2.30. The Kier molecular flexibility index (Phi) is 5.16. The molecular weight excluding hydrogens is 286 g/mol. The summed E-state index contributed by atoms with van der Waals surface area (Å²) < 4.78 is 5.10. The summed E-state index contributed by atoms with van der Waals surface area (Å²) in [6.07, 6.45) is 0.771. The Balaban J connectivity index is 1.76. The number of amides is 2. The van der Waals surface area contributed by atoms with E-state index >= 15 is 0 Å². The second-order valence-corrected chi connectivity index (χ2v) is 5.84. The zero-order valence-electron chi connectivity index (χ0n) is 12.4. The maximum atomic E-state index is 11.7. The number of anilines is 1. The molecule has 2 N–H and O–H groups in total. The Hall–Kier alpha value is -2.08. The van der Waals surface area contributed by atoms with Gasteiger partial charge in [0.1, 0.15) is 5.75 Å². The Labute approximate surface area is 128 Å². The maximum Gasteiger partial charge on any atom is 0.321 e. The second-order valence-electron chi connectivity index (χ2n) is 4.64. The SMILES string of the molecule is COc1ccc(CCNC(=O)Nc2nc(C)c(C)s2)cc1. The topological polar surface area (TPSA) is 63.2 Å². The van der Waals surface area contributed by atoms with Gasteiger partial charge in [-0.15, -0.1) is 11.3 Å². The van der Waals surface area contributed by atoms with Crippen LogP contribution < -0.4 is 15.4 Å². The zero-order valence-corrected chi connectivity index (χ0v) is 13.2. The third-order valence-electron chi connectivity index (χ3n) is 3.11. The molecular formula is C15H19N3O2S. The number of aryl methyl sites for hydroxylation is 2. The summed E-state index contributed by atoms with van der Waals surface area (Å²) in [7, 11) is 1.64. The molecule has 1 aromatic carbocycles. The van der Waals surface area contributed by atoms with E-state index in [0.29, 0.717) is 11.7 Å². The molecule has 0 fully saturated rings. The molecule has 0 aliphatic rings. The molecule has 21 heavy (non-hydrogen) atoms. The number of rotatable bonds is 5. The third-order valence-corrected chi connectivity index (χ3v) is 4.10. The van der Waals surface area contributed by atoms with E-state index in [1.165, 1.54) is 11.3 Å². The van der Waals surface area contributed by atoms with Crippen molar-refractivity contribution in [2.24, 2.45) is 0 Å². The summed E-state index contributed by atoms with van der Waals surface area (Å²) in [4.78, 5) is 17.1. The van der Waals surface area contributed by atoms with Crippen molar-refractivity contribution in [2.75, 3.05) is 19.0 Å². The molecule has 0 aliphatic carbocycles. The number of ether oxygens (including phenoxy) is 1. The van der Waals surface area contributed by atoms with Gasteiger partial charge in [-0.25, -0.2) is 9.78 Å². The average Bonchev–Trinajstić information content (AvgIpc) is 2.78. The van der Waals surface area contributed by atoms with Crippen LogP contribution in [-0.2, 0) is 6.42 Å². The van der Waals surface area contributed by atoms with Gasteiger partial charge in [-0.2, -0.15) is 0 Å². The minimum absolute atomic E-state index is 0.225. The maximum absolute atomic E-state index is 11.7. The number of carbonyl (C=O) groups excluding carboxylic acids is 1. The minimum Gasteiger partial charge on any atom is -0.497 e. The lowest BCUT2D eigenvalue weighted by atomic mass is 10.1. The number of hydrogen-bond donors (Lipinski definition) is 2. The van der Waals surface area contributed by atoms with Gasteiger partial charge in [-0.05, 0) is 38.0 Å². The summed E-state index contributed by atoms with van der Waals surface area (Å²) in [6.45, 7) is 4.49. The van der Waals surface area contributed by atoms with Crippen LogP contribution in [0.1, 0.15) is 16.1 Å². The molecule has 5 nitrogen and oxygen atoms in total. The number of nitrogens with zero attached hydrogens (tertiary/aromatic N) is 1. The molecule has 0 radical (unpaired) electrons. The third kappa shape index (κ3) is 4.46. The van der Waals surface area contributed by atoms with E-state index in [4.69, 9.17) is 4.74 Å². The van der Waals surface area contributed by atoms with Crippen molar-refractivity contribution in [1.29, 1.82) is 0 Å². The highest BCUT2D eigenvalue weighted by molar-refractivity contribution is 7.15. The molecule has 0 saturated carbocycles. The molecule has 0 aliphatic heterocycles. The first-order valence-electron chi connectivity index (χ1n) is 6.70. The normalized spacial score (nSPS) is 10.2. The highest BCUT2D eigenvalue weighted by Crippen LogP contribution is 2.20. The Morgan fingerprint density at radius 3 is 2.57 bits per heavy atom. The second kappa shape index (κ2) is 7.08. The van der Waals surface area contributed by atoms with E-state index in [0.717, 1.165) is 28.3 Å². The van der Waals surface area contributed by atoms with E-state index in [1.807, 2.05) is 38.1 Å². The van der Waals surface area contributed by atoms with Gasteiger partial charge in [-0.3, -0.25) is 5.32 Å². The Bertz CT molecular complexity index is 588. The average molecular weight is 305 g/mol. The van der Waals surface area contributed by atoms with Crippen molar-refractivity contribution in [3.8, 4) is 5.75 Å². The standard InChI is InChI=1S/C15H19N3O2S/c1-10-11(2)21-15(17-10)18-14(19)16-9-8-12-4-6-13(20-3)7-5-12/h4-7H,8-9H2,1-3H3,(H2,16,17,18,19). The number of benzene rings is 1. The van der Waals surface area contributed by atoms with Crippen molar-refractivity contribution in [1.82, 2.24) is 10.3 Å². The molecule has 1 aromatic heterocycles. The fourth-order valence-corrected chi connectivity index (χ4v) is 2.59. The molecule has 0 atom stereocenters. The van der Waals surface area contributed by atoms with Crippen molar-refractivity contribution in [3.05, 3.63) is 40.4 Å². The van der Waals surface area contributed by atoms with Crippen molar-refractivity contribution < 1.29 is 9.53 Å². The number of carbonyl (C=O) groups is 1. The van der Waals surface area contributed by atoms with Gasteiger partial charge in [0.15, 0.2) is 5.13 Å². The molecule has 0 saturated heterocycles. The first kappa shape index (κ1) is 15.3. The summed E-state index contributed by atoms with van der Waals surface area (Å²) in [5.74, 6) is 0.832. The van der Waals surface area contributed by atoms with Crippen molar-refractivity contribution >= 4 is 22.5 Å². The van der Waals surface area contributed by atoms with E-state index in [9.17, 15) is 4.79 Å². The van der Waals surface area contributed by atoms with Crippen molar-refractivity contribution in [3.63, 3.8) is 0 Å². The van der Waals surface area contributed by atoms with Crippen LogP contribution in [0.5, 0.6) is 5.75 Å². The predicted octanol–water partition coefficient (Wildman–Crippen LogP) is 3.13. The monoisotopic (exact) mass is 305 g/mol. The summed E-state index contributed by atoms with van der Waals surface area (Å²) in [6, 6.07) is 7.59. The van der Waals surface area contributed by atoms with Gasteiger partial charge in [-0.1, -0.05) is 12.1 Å². The lowest BCUT2D eigenvalue weighted by molar-refractivity contribution is 0.252. The fourth-order valence-electron chi connectivity index (χ4n) is 1.78. The number of thiazole rings is 1. The first-order valence-corrected chi connectivity index (χ1v) is 7.52. The smallest absolute Gasteiger partial charge is 0.321 e. The Morgan fingerprint density at radius 2 is 2.00 bits per heavy atom. The highest BCUT2D eigenvalue weighted by atomic mass is 32.1. The van der Waals surface area contributed by atoms with Gasteiger partial charge in [0.05, 0.1) is 12.8 Å². The van der Waals surface area contributed by atoms with E-state index in [-0.39, 0.29) is 6.03 Å². The van der Waals surface area contributed by atoms with Crippen molar-refractivity contribution in [2.45, 2.75) is 20.3 Å². The first-order chi connectivity index (χ1) is 10.1. The number of nitrogens with one attached hydrogen (secondary N) is 2. The van der Waals surface area contributed by atoms with Crippen LogP contribution in [-0.4, -0.2) is 24.7 Å². The quantitative estimate of drug-likeness (QED) is 0.892. The molecule has 0 spiro atoms. The van der Waals surface area contributed by atoms with Gasteiger partial charge >= 0.3 is 6.03 Å². The molecule has 0 bridgehead atoms. The minimum atomic E-state index is -0.225. The van der Waals surface area contributed by atoms with Crippen LogP contribution in [0.15, 0.2) is 24.3 Å². The predicted molar refractivity (Wildman–Crippen MR) is 85.3 cm³/mol. The van der Waals surface area contributed by atoms with E-state index in [2.05, 4.69) is 15.6 Å². The van der Waals surface area contributed by atoms with Crippen LogP contribution in [0.3, 0.4) is 0 Å². The fraction of sp³-hybridized carbons (Fsp3) is 0.333. The largest absolute Gasteiger partial charge is 0.497 e. The van der Waals surface area contributed by atoms with Crippen LogP contribution in [0.2, 0.25) is 0 Å². The molecule has 112 valence electrons. The zero-order chi connectivity index (χ0) is 15.2. The van der Waals surface area contributed by atoms with Crippen LogP contribution >= 0.6 is 11.3 Å². The van der Waals surface area contributed by atoms with Gasteiger partial charge in [0, 0.05) is 11.4 Å². The molecule has 2 amide bonds. The summed E-state index contributed by atoms with van der Waals surface area (Å²) in [5, 5.41) is 6.20. The summed E-state index contributed by atoms with van der Waals surface area (Å²) >= 11 is 1.48. The molecule has 6 heteroatoms. The Morgan fingerprint density at radius 1 is 1.29 bits per heavy atom. The number of methoxy groups -OCH3 is 1. The van der Waals surface area contributed by atoms with Crippen LogP contribution in [0.25, 0.3) is 0 Å². The van der Waals surface area contributed by atoms with E-state index in [1.54, 1.807) is 7.11 Å². The highest BCUT2D eigenvalue weighted by Gasteiger charge is 2.07. The number of aromatic nitrogens is 1. The number of urea groups is 1. The molecule has 0 unspecified atom stereocenters. The summed E-state index contributed by atoms with van der Waals surface area (Å²) in [5.41, 5.74) is 2.10. The molecule has 2 rings (SSSR count). The van der Waals surface area contributed by atoms with Gasteiger partial charge in [0.2, 0.25) is 0 Å². The lowest BCUT2D eigenvalue weighted by Gasteiger charge is -2.06.